The molecule has 15 heavy (non-hydrogen) atoms. The molecular formula is C12H17NO2. The van der Waals surface area contributed by atoms with Gasteiger partial charge in [0.15, 0.2) is 0 Å². The van der Waals surface area contributed by atoms with Gasteiger partial charge in [-0.05, 0) is 12.1 Å². The Labute approximate surface area is 90.7 Å². The number of ether oxygens (including phenoxy) is 1. The van der Waals surface area contributed by atoms with Gasteiger partial charge in [-0.25, -0.2) is 0 Å². The van der Waals surface area contributed by atoms with Gasteiger partial charge in [0.2, 0.25) is 5.91 Å². The number of rotatable bonds is 0. The molecule has 1 aliphatic heterocycles. The third-order valence-electron chi connectivity index (χ3n) is 2.11. The van der Waals surface area contributed by atoms with Crippen LogP contribution >= 0.6 is 0 Å². The van der Waals surface area contributed by atoms with Crippen LogP contribution in [0.25, 0.3) is 0 Å². The summed E-state index contributed by atoms with van der Waals surface area (Å²) in [5.74, 6) is 0.861. The molecule has 0 fully saturated rings. The Kier molecular flexibility index (Phi) is 4.16. The lowest BCUT2D eigenvalue weighted by molar-refractivity contribution is -0.116. The fourth-order valence-electron chi connectivity index (χ4n) is 1.50. The van der Waals surface area contributed by atoms with Crippen molar-refractivity contribution in [3.63, 3.8) is 0 Å². The number of anilines is 1. The van der Waals surface area contributed by atoms with E-state index in [2.05, 4.69) is 0 Å². The van der Waals surface area contributed by atoms with E-state index in [9.17, 15) is 4.79 Å². The third-order valence-corrected chi connectivity index (χ3v) is 2.11. The van der Waals surface area contributed by atoms with Gasteiger partial charge in [0, 0.05) is 6.92 Å². The second-order valence-corrected chi connectivity index (χ2v) is 2.99. The largest absolute Gasteiger partial charge is 0.490 e. The SMILES string of the molecule is CC.CC(=O)N1CCOc2ccccc21. The molecule has 0 saturated heterocycles. The van der Waals surface area contributed by atoms with Crippen molar-refractivity contribution in [3.05, 3.63) is 24.3 Å². The molecule has 1 aromatic rings. The Balaban J connectivity index is 0.000000531. The Morgan fingerprint density at radius 1 is 1.33 bits per heavy atom. The molecule has 0 N–H and O–H groups in total. The Bertz CT molecular complexity index is 336. The normalized spacial score (nSPS) is 13.1. The first-order valence-electron chi connectivity index (χ1n) is 5.29. The lowest BCUT2D eigenvalue weighted by Gasteiger charge is -2.28. The molecule has 0 radical (unpaired) electrons. The molecular weight excluding hydrogens is 190 g/mol. The predicted molar refractivity (Wildman–Crippen MR) is 61.3 cm³/mol. The van der Waals surface area contributed by atoms with Crippen molar-refractivity contribution in [1.29, 1.82) is 0 Å². The van der Waals surface area contributed by atoms with Gasteiger partial charge in [-0.1, -0.05) is 26.0 Å². The van der Waals surface area contributed by atoms with Gasteiger partial charge in [-0.15, -0.1) is 0 Å². The Morgan fingerprint density at radius 3 is 2.67 bits per heavy atom. The van der Waals surface area contributed by atoms with E-state index in [0.717, 1.165) is 11.4 Å². The van der Waals surface area contributed by atoms with Crippen molar-refractivity contribution >= 4 is 11.6 Å². The summed E-state index contributed by atoms with van der Waals surface area (Å²) >= 11 is 0. The second-order valence-electron chi connectivity index (χ2n) is 2.99. The first kappa shape index (κ1) is 11.6. The molecule has 0 spiro atoms. The third kappa shape index (κ3) is 2.49. The molecule has 3 heteroatoms. The number of hydrogen-bond donors (Lipinski definition) is 0. The highest BCUT2D eigenvalue weighted by Crippen LogP contribution is 2.30. The van der Waals surface area contributed by atoms with Crippen molar-refractivity contribution in [3.8, 4) is 5.75 Å². The van der Waals surface area contributed by atoms with Gasteiger partial charge in [-0.3, -0.25) is 4.79 Å². The highest BCUT2D eigenvalue weighted by atomic mass is 16.5. The number of amides is 1. The van der Waals surface area contributed by atoms with Gasteiger partial charge in [0.25, 0.3) is 0 Å². The fraction of sp³-hybridized carbons (Fsp3) is 0.417. The van der Waals surface area contributed by atoms with Gasteiger partial charge in [0.05, 0.1) is 12.2 Å². The van der Waals surface area contributed by atoms with Crippen LogP contribution in [0.1, 0.15) is 20.8 Å². The summed E-state index contributed by atoms with van der Waals surface area (Å²) in [6.07, 6.45) is 0. The maximum Gasteiger partial charge on any atom is 0.224 e. The highest BCUT2D eigenvalue weighted by molar-refractivity contribution is 5.93. The van der Waals surface area contributed by atoms with Crippen LogP contribution in [-0.4, -0.2) is 19.1 Å². The summed E-state index contributed by atoms with van der Waals surface area (Å²) in [4.78, 5) is 13.0. The molecule has 0 bridgehead atoms. The van der Waals surface area contributed by atoms with Crippen LogP contribution in [0.2, 0.25) is 0 Å². The fourth-order valence-corrected chi connectivity index (χ4v) is 1.50. The maximum atomic E-state index is 11.2. The summed E-state index contributed by atoms with van der Waals surface area (Å²) in [6.45, 7) is 6.80. The number of benzene rings is 1. The lowest BCUT2D eigenvalue weighted by Crippen LogP contribution is -2.36. The predicted octanol–water partition coefficient (Wildman–Crippen LogP) is 2.46. The van der Waals surface area contributed by atoms with Crippen LogP contribution in [0.15, 0.2) is 24.3 Å². The van der Waals surface area contributed by atoms with Crippen LogP contribution in [0.3, 0.4) is 0 Å². The van der Waals surface area contributed by atoms with Gasteiger partial charge < -0.3 is 9.64 Å². The van der Waals surface area contributed by atoms with E-state index in [0.29, 0.717) is 13.2 Å². The van der Waals surface area contributed by atoms with E-state index in [1.54, 1.807) is 11.8 Å². The van der Waals surface area contributed by atoms with Gasteiger partial charge >= 0.3 is 0 Å². The number of fused-ring (bicyclic) bond motifs is 1. The van der Waals surface area contributed by atoms with Gasteiger partial charge in [-0.2, -0.15) is 0 Å². The monoisotopic (exact) mass is 207 g/mol. The standard InChI is InChI=1S/C10H11NO2.C2H6/c1-8(12)11-6-7-13-10-5-3-2-4-9(10)11;1-2/h2-5H,6-7H2,1H3;1-2H3. The molecule has 1 aromatic carbocycles. The molecule has 0 unspecified atom stereocenters. The number of carbonyl (C=O) groups is 1. The molecule has 3 nitrogen and oxygen atoms in total. The molecule has 0 atom stereocenters. The Hall–Kier alpha value is -1.51. The minimum Gasteiger partial charge on any atom is -0.490 e. The second kappa shape index (κ2) is 5.39. The number of para-hydroxylation sites is 2. The number of carbonyl (C=O) groups excluding carboxylic acids is 1. The van der Waals surface area contributed by atoms with Gasteiger partial charge in [0.1, 0.15) is 12.4 Å². The summed E-state index contributed by atoms with van der Waals surface area (Å²) in [6, 6.07) is 7.59. The molecule has 1 aliphatic rings. The smallest absolute Gasteiger partial charge is 0.224 e. The maximum absolute atomic E-state index is 11.2. The molecule has 0 aromatic heterocycles. The van der Waals surface area contributed by atoms with Crippen molar-refractivity contribution in [2.24, 2.45) is 0 Å². The van der Waals surface area contributed by atoms with Crippen LogP contribution in [0, 0.1) is 0 Å². The number of hydrogen-bond acceptors (Lipinski definition) is 2. The van der Waals surface area contributed by atoms with E-state index in [-0.39, 0.29) is 5.91 Å². The quantitative estimate of drug-likeness (QED) is 0.654. The summed E-state index contributed by atoms with van der Waals surface area (Å²) in [5, 5.41) is 0. The van der Waals surface area contributed by atoms with E-state index < -0.39 is 0 Å². The molecule has 1 amide bonds. The first-order valence-corrected chi connectivity index (χ1v) is 5.29. The van der Waals surface area contributed by atoms with Crippen LogP contribution in [0.4, 0.5) is 5.69 Å². The molecule has 0 aliphatic carbocycles. The van der Waals surface area contributed by atoms with E-state index in [4.69, 9.17) is 4.74 Å². The molecule has 1 heterocycles. The lowest BCUT2D eigenvalue weighted by atomic mass is 10.2. The van der Waals surface area contributed by atoms with Crippen molar-refractivity contribution in [2.75, 3.05) is 18.1 Å². The van der Waals surface area contributed by atoms with Crippen LogP contribution < -0.4 is 9.64 Å². The van der Waals surface area contributed by atoms with Crippen LogP contribution in [0.5, 0.6) is 5.75 Å². The molecule has 82 valence electrons. The zero-order chi connectivity index (χ0) is 11.3. The molecule has 0 saturated carbocycles. The zero-order valence-corrected chi connectivity index (χ0v) is 9.49. The average Bonchev–Trinajstić information content (AvgIpc) is 2.31. The summed E-state index contributed by atoms with van der Waals surface area (Å²) in [5.41, 5.74) is 0.876. The minimum atomic E-state index is 0.0655. The zero-order valence-electron chi connectivity index (χ0n) is 9.49. The van der Waals surface area contributed by atoms with E-state index in [1.165, 1.54) is 0 Å². The summed E-state index contributed by atoms with van der Waals surface area (Å²) in [7, 11) is 0. The summed E-state index contributed by atoms with van der Waals surface area (Å²) < 4.78 is 5.41. The van der Waals surface area contributed by atoms with Crippen molar-refractivity contribution < 1.29 is 9.53 Å². The topological polar surface area (TPSA) is 29.5 Å². The highest BCUT2D eigenvalue weighted by Gasteiger charge is 2.19. The van der Waals surface area contributed by atoms with Crippen molar-refractivity contribution in [2.45, 2.75) is 20.8 Å². The Morgan fingerprint density at radius 2 is 2.00 bits per heavy atom. The van der Waals surface area contributed by atoms with E-state index >= 15 is 0 Å². The minimum absolute atomic E-state index is 0.0655. The van der Waals surface area contributed by atoms with Crippen molar-refractivity contribution in [1.82, 2.24) is 0 Å². The first-order chi connectivity index (χ1) is 7.29. The number of nitrogens with zero attached hydrogens (tertiary/aromatic N) is 1. The van der Waals surface area contributed by atoms with Crippen LogP contribution in [-0.2, 0) is 4.79 Å². The average molecular weight is 207 g/mol. The molecule has 2 rings (SSSR count). The van der Waals surface area contributed by atoms with E-state index in [1.807, 2.05) is 38.1 Å².